The van der Waals surface area contributed by atoms with Crippen LogP contribution in [0.5, 0.6) is 0 Å². The first-order chi connectivity index (χ1) is 10.5. The van der Waals surface area contributed by atoms with Crippen LogP contribution in [0, 0.1) is 0 Å². The van der Waals surface area contributed by atoms with Crippen LogP contribution in [0.3, 0.4) is 0 Å². The highest BCUT2D eigenvalue weighted by Gasteiger charge is 2.14. The summed E-state index contributed by atoms with van der Waals surface area (Å²) in [5.74, 6) is -0.412. The molecule has 0 saturated heterocycles. The van der Waals surface area contributed by atoms with Gasteiger partial charge in [-0.1, -0.05) is 42.5 Å². The number of nitrogens with two attached hydrogens (primary N) is 1. The Labute approximate surface area is 136 Å². The van der Waals surface area contributed by atoms with Gasteiger partial charge in [0.25, 0.3) is 0 Å². The number of rotatable bonds is 9. The maximum Gasteiger partial charge on any atom is 0.237 e. The SMILES string of the molecule is CC(=S)NCCCC[C@H](N)C(=O)NCC(=O)c1ccccc1. The van der Waals surface area contributed by atoms with Crippen molar-refractivity contribution in [2.45, 2.75) is 32.2 Å². The van der Waals surface area contributed by atoms with E-state index in [9.17, 15) is 9.59 Å². The van der Waals surface area contributed by atoms with Gasteiger partial charge in [-0.25, -0.2) is 0 Å². The molecule has 0 aromatic heterocycles. The summed E-state index contributed by atoms with van der Waals surface area (Å²) < 4.78 is 0. The summed E-state index contributed by atoms with van der Waals surface area (Å²) in [5.41, 5.74) is 6.40. The summed E-state index contributed by atoms with van der Waals surface area (Å²) in [6.07, 6.45) is 2.32. The maximum absolute atomic E-state index is 11.9. The molecule has 0 radical (unpaired) electrons. The quantitative estimate of drug-likeness (QED) is 0.364. The van der Waals surface area contributed by atoms with Gasteiger partial charge < -0.3 is 16.4 Å². The molecule has 6 heteroatoms. The molecule has 0 aliphatic rings. The van der Waals surface area contributed by atoms with Crippen LogP contribution >= 0.6 is 12.2 Å². The Bertz CT molecular complexity index is 505. The first-order valence-electron chi connectivity index (χ1n) is 7.36. The van der Waals surface area contributed by atoms with Crippen molar-refractivity contribution in [1.29, 1.82) is 0 Å². The van der Waals surface area contributed by atoms with Gasteiger partial charge in [-0.05, 0) is 26.2 Å². The molecule has 1 aromatic carbocycles. The number of benzene rings is 1. The molecule has 1 atom stereocenters. The zero-order chi connectivity index (χ0) is 16.4. The molecule has 1 rings (SSSR count). The highest BCUT2D eigenvalue weighted by molar-refractivity contribution is 7.80. The fraction of sp³-hybridized carbons (Fsp3) is 0.438. The normalized spacial score (nSPS) is 11.5. The maximum atomic E-state index is 11.9. The number of hydrogen-bond donors (Lipinski definition) is 3. The first-order valence-corrected chi connectivity index (χ1v) is 7.77. The van der Waals surface area contributed by atoms with E-state index in [0.29, 0.717) is 12.0 Å². The number of amides is 1. The second-order valence-electron chi connectivity index (χ2n) is 5.09. The average molecular weight is 321 g/mol. The molecule has 0 aliphatic carbocycles. The van der Waals surface area contributed by atoms with Gasteiger partial charge in [-0.2, -0.15) is 0 Å². The average Bonchev–Trinajstić information content (AvgIpc) is 2.52. The molecule has 0 aliphatic heterocycles. The summed E-state index contributed by atoms with van der Waals surface area (Å²) in [7, 11) is 0. The molecule has 22 heavy (non-hydrogen) atoms. The van der Waals surface area contributed by atoms with Crippen LogP contribution in [0.25, 0.3) is 0 Å². The van der Waals surface area contributed by atoms with Crippen molar-refractivity contribution in [1.82, 2.24) is 10.6 Å². The number of thiocarbonyl (C=S) groups is 1. The molecular weight excluding hydrogens is 298 g/mol. The Morgan fingerprint density at radius 3 is 2.50 bits per heavy atom. The van der Waals surface area contributed by atoms with Gasteiger partial charge in [0.1, 0.15) is 0 Å². The number of Topliss-reactive ketones (excluding diaryl/α,β-unsaturated/α-hetero) is 1. The van der Waals surface area contributed by atoms with Crippen molar-refractivity contribution in [3.05, 3.63) is 35.9 Å². The van der Waals surface area contributed by atoms with E-state index in [4.69, 9.17) is 18.0 Å². The van der Waals surface area contributed by atoms with Crippen molar-refractivity contribution in [2.24, 2.45) is 5.73 Å². The van der Waals surface area contributed by atoms with Crippen molar-refractivity contribution < 1.29 is 9.59 Å². The second-order valence-corrected chi connectivity index (χ2v) is 5.70. The molecule has 4 N–H and O–H groups in total. The highest BCUT2D eigenvalue weighted by Crippen LogP contribution is 2.01. The molecule has 5 nitrogen and oxygen atoms in total. The minimum Gasteiger partial charge on any atom is -0.380 e. The van der Waals surface area contributed by atoms with E-state index < -0.39 is 6.04 Å². The van der Waals surface area contributed by atoms with Crippen LogP contribution in [0.4, 0.5) is 0 Å². The van der Waals surface area contributed by atoms with Crippen LogP contribution in [-0.2, 0) is 4.79 Å². The molecule has 0 spiro atoms. The van der Waals surface area contributed by atoms with Crippen molar-refractivity contribution in [3.8, 4) is 0 Å². The third-order valence-electron chi connectivity index (χ3n) is 3.17. The fourth-order valence-electron chi connectivity index (χ4n) is 1.91. The van der Waals surface area contributed by atoms with Crippen LogP contribution in [0.1, 0.15) is 36.5 Å². The van der Waals surface area contributed by atoms with E-state index in [2.05, 4.69) is 10.6 Å². The Hall–Kier alpha value is -1.79. The molecule has 0 saturated carbocycles. The number of carbonyl (C=O) groups is 2. The van der Waals surface area contributed by atoms with Gasteiger partial charge in [-0.3, -0.25) is 9.59 Å². The van der Waals surface area contributed by atoms with Gasteiger partial charge in [-0.15, -0.1) is 0 Å². The van der Waals surface area contributed by atoms with Crippen molar-refractivity contribution in [2.75, 3.05) is 13.1 Å². The standard InChI is InChI=1S/C16H23N3O2S/c1-12(22)18-10-6-5-9-14(17)16(21)19-11-15(20)13-7-3-2-4-8-13/h2-4,7-8,14H,5-6,9-11,17H2,1H3,(H,18,22)(H,19,21)/t14-/m0/s1. The molecule has 0 fully saturated rings. The van der Waals surface area contributed by atoms with Gasteiger partial charge in [0.05, 0.1) is 17.6 Å². The Balaban J connectivity index is 2.21. The topological polar surface area (TPSA) is 84.2 Å². The Kier molecular flexibility index (Phi) is 8.32. The lowest BCUT2D eigenvalue weighted by Crippen LogP contribution is -2.42. The monoisotopic (exact) mass is 321 g/mol. The lowest BCUT2D eigenvalue weighted by Gasteiger charge is -2.12. The predicted molar refractivity (Wildman–Crippen MR) is 91.9 cm³/mol. The summed E-state index contributed by atoms with van der Waals surface area (Å²) in [5, 5.41) is 5.64. The first kappa shape index (κ1) is 18.3. The van der Waals surface area contributed by atoms with E-state index in [1.807, 2.05) is 13.0 Å². The number of hydrogen-bond acceptors (Lipinski definition) is 4. The van der Waals surface area contributed by atoms with E-state index in [1.54, 1.807) is 24.3 Å². The number of nitrogens with one attached hydrogen (secondary N) is 2. The minimum absolute atomic E-state index is 0.0256. The molecule has 120 valence electrons. The third kappa shape index (κ3) is 7.28. The number of ketones is 1. The lowest BCUT2D eigenvalue weighted by molar-refractivity contribution is -0.122. The Morgan fingerprint density at radius 1 is 1.18 bits per heavy atom. The van der Waals surface area contributed by atoms with Gasteiger partial charge >= 0.3 is 0 Å². The van der Waals surface area contributed by atoms with E-state index in [1.165, 1.54) is 0 Å². The van der Waals surface area contributed by atoms with E-state index >= 15 is 0 Å². The molecule has 1 amide bonds. The molecule has 1 aromatic rings. The smallest absolute Gasteiger partial charge is 0.237 e. The lowest BCUT2D eigenvalue weighted by atomic mass is 10.1. The van der Waals surface area contributed by atoms with Crippen molar-refractivity contribution >= 4 is 28.9 Å². The van der Waals surface area contributed by atoms with E-state index in [0.717, 1.165) is 24.4 Å². The summed E-state index contributed by atoms with van der Waals surface area (Å²) in [4.78, 5) is 24.5. The molecule has 0 unspecified atom stereocenters. The zero-order valence-corrected chi connectivity index (χ0v) is 13.6. The van der Waals surface area contributed by atoms with Gasteiger partial charge in [0, 0.05) is 12.1 Å². The summed E-state index contributed by atoms with van der Waals surface area (Å²) >= 11 is 4.91. The van der Waals surface area contributed by atoms with Crippen LogP contribution in [0.2, 0.25) is 0 Å². The summed E-state index contributed by atoms with van der Waals surface area (Å²) in [6.45, 7) is 2.59. The number of unbranched alkanes of at least 4 members (excludes halogenated alkanes) is 1. The van der Waals surface area contributed by atoms with Crippen molar-refractivity contribution in [3.63, 3.8) is 0 Å². The molecule has 0 heterocycles. The Morgan fingerprint density at radius 2 is 1.86 bits per heavy atom. The largest absolute Gasteiger partial charge is 0.380 e. The van der Waals surface area contributed by atoms with Crippen LogP contribution in [-0.4, -0.2) is 35.8 Å². The third-order valence-corrected chi connectivity index (χ3v) is 3.32. The van der Waals surface area contributed by atoms with Crippen LogP contribution in [0.15, 0.2) is 30.3 Å². The van der Waals surface area contributed by atoms with Gasteiger partial charge in [0.15, 0.2) is 5.78 Å². The highest BCUT2D eigenvalue weighted by atomic mass is 32.1. The van der Waals surface area contributed by atoms with E-state index in [-0.39, 0.29) is 18.2 Å². The predicted octanol–water partition coefficient (Wildman–Crippen LogP) is 1.42. The minimum atomic E-state index is -0.586. The second kappa shape index (κ2) is 10.0. The fourth-order valence-corrected chi connectivity index (χ4v) is 2.01. The molecular formula is C16H23N3O2S. The van der Waals surface area contributed by atoms with Gasteiger partial charge in [0.2, 0.25) is 5.91 Å². The molecule has 0 bridgehead atoms. The summed E-state index contributed by atoms with van der Waals surface area (Å²) in [6, 6.07) is 8.27. The van der Waals surface area contributed by atoms with Crippen LogP contribution < -0.4 is 16.4 Å². The number of carbonyl (C=O) groups excluding carboxylic acids is 2. The zero-order valence-electron chi connectivity index (χ0n) is 12.8.